The zero-order chi connectivity index (χ0) is 14.7. The summed E-state index contributed by atoms with van der Waals surface area (Å²) in [6, 6.07) is 8.01. The van der Waals surface area contributed by atoms with Crippen LogP contribution in [0.25, 0.3) is 11.3 Å². The minimum Gasteiger partial charge on any atom is -0.496 e. The third-order valence-corrected chi connectivity index (χ3v) is 3.73. The third kappa shape index (κ3) is 3.37. The van der Waals surface area contributed by atoms with Gasteiger partial charge >= 0.3 is 0 Å². The molecular formula is C15H18ClN3O2. The van der Waals surface area contributed by atoms with Gasteiger partial charge < -0.3 is 14.8 Å². The largest absolute Gasteiger partial charge is 0.496 e. The molecule has 5 nitrogen and oxygen atoms in total. The van der Waals surface area contributed by atoms with E-state index in [9.17, 15) is 0 Å². The summed E-state index contributed by atoms with van der Waals surface area (Å²) in [5.41, 5.74) is 1.77. The van der Waals surface area contributed by atoms with Crippen molar-refractivity contribution < 1.29 is 9.47 Å². The van der Waals surface area contributed by atoms with Gasteiger partial charge in [-0.3, -0.25) is 4.68 Å². The van der Waals surface area contributed by atoms with Gasteiger partial charge in [-0.05, 0) is 24.3 Å². The van der Waals surface area contributed by atoms with Gasteiger partial charge in [0.25, 0.3) is 0 Å². The summed E-state index contributed by atoms with van der Waals surface area (Å²) >= 11 is 6.06. The topological polar surface area (TPSA) is 48.3 Å². The molecule has 2 aromatic rings. The minimum absolute atomic E-state index is 0.494. The van der Waals surface area contributed by atoms with Crippen LogP contribution in [0.15, 0.2) is 30.5 Å². The molecule has 0 radical (unpaired) electrons. The molecule has 0 saturated carbocycles. The summed E-state index contributed by atoms with van der Waals surface area (Å²) in [7, 11) is 1.65. The van der Waals surface area contributed by atoms with E-state index in [-0.39, 0.29) is 0 Å². The first-order chi connectivity index (χ1) is 10.3. The van der Waals surface area contributed by atoms with Crippen LogP contribution in [0.2, 0.25) is 5.02 Å². The van der Waals surface area contributed by atoms with Gasteiger partial charge in [0, 0.05) is 23.3 Å². The first kappa shape index (κ1) is 14.4. The van der Waals surface area contributed by atoms with Crippen molar-refractivity contribution in [3.63, 3.8) is 0 Å². The molecule has 1 aromatic heterocycles. The second kappa shape index (κ2) is 6.47. The molecule has 0 unspecified atom stereocenters. The molecule has 6 heteroatoms. The predicted octanol–water partition coefficient (Wildman–Crippen LogP) is 2.20. The number of benzene rings is 1. The average Bonchev–Trinajstić information content (AvgIpc) is 2.90. The fourth-order valence-corrected chi connectivity index (χ4v) is 2.42. The second-order valence-corrected chi connectivity index (χ2v) is 5.43. The molecule has 3 rings (SSSR count). The van der Waals surface area contributed by atoms with Crippen LogP contribution in [0.4, 0.5) is 0 Å². The van der Waals surface area contributed by atoms with Crippen molar-refractivity contribution >= 4 is 11.6 Å². The highest BCUT2D eigenvalue weighted by Crippen LogP contribution is 2.31. The van der Waals surface area contributed by atoms with Gasteiger partial charge in [-0.25, -0.2) is 0 Å². The molecule has 1 aromatic carbocycles. The van der Waals surface area contributed by atoms with Crippen LogP contribution in [0.3, 0.4) is 0 Å². The zero-order valence-corrected chi connectivity index (χ0v) is 12.6. The van der Waals surface area contributed by atoms with Gasteiger partial charge in [0.2, 0.25) is 0 Å². The number of hydrogen-bond acceptors (Lipinski definition) is 4. The van der Waals surface area contributed by atoms with Gasteiger partial charge in [-0.2, -0.15) is 5.10 Å². The van der Waals surface area contributed by atoms with Crippen molar-refractivity contribution in [3.8, 4) is 17.0 Å². The van der Waals surface area contributed by atoms with Gasteiger partial charge in [0.05, 0.1) is 38.6 Å². The molecule has 0 spiro atoms. The van der Waals surface area contributed by atoms with Crippen LogP contribution in [-0.2, 0) is 11.3 Å². The Morgan fingerprint density at radius 3 is 3.00 bits per heavy atom. The zero-order valence-electron chi connectivity index (χ0n) is 11.9. The van der Waals surface area contributed by atoms with Crippen LogP contribution in [0.1, 0.15) is 0 Å². The summed E-state index contributed by atoms with van der Waals surface area (Å²) in [5, 5.41) is 8.67. The van der Waals surface area contributed by atoms with Crippen molar-refractivity contribution in [2.45, 2.75) is 12.6 Å². The van der Waals surface area contributed by atoms with Crippen LogP contribution in [0.5, 0.6) is 5.75 Å². The predicted molar refractivity (Wildman–Crippen MR) is 81.8 cm³/mol. The average molecular weight is 308 g/mol. The monoisotopic (exact) mass is 307 g/mol. The van der Waals surface area contributed by atoms with E-state index in [1.807, 2.05) is 35.1 Å². The molecule has 1 aliphatic heterocycles. The number of hydrogen-bond donors (Lipinski definition) is 1. The van der Waals surface area contributed by atoms with Gasteiger partial charge in [-0.15, -0.1) is 0 Å². The SMILES string of the molecule is COc1ccc(Cl)cc1-c1ccn(CCNC2COC2)n1. The molecule has 1 N–H and O–H groups in total. The Morgan fingerprint density at radius 2 is 2.29 bits per heavy atom. The molecular weight excluding hydrogens is 290 g/mol. The lowest BCUT2D eigenvalue weighted by molar-refractivity contribution is -0.00523. The summed E-state index contributed by atoms with van der Waals surface area (Å²) in [5.74, 6) is 0.773. The van der Waals surface area contributed by atoms with E-state index in [1.165, 1.54) is 0 Å². The molecule has 1 fully saturated rings. The van der Waals surface area contributed by atoms with Gasteiger partial charge in [0.1, 0.15) is 5.75 Å². The Morgan fingerprint density at radius 1 is 1.43 bits per heavy atom. The maximum absolute atomic E-state index is 6.06. The minimum atomic E-state index is 0.494. The van der Waals surface area contributed by atoms with Crippen LogP contribution in [0, 0.1) is 0 Å². The quantitative estimate of drug-likeness (QED) is 0.889. The highest BCUT2D eigenvalue weighted by Gasteiger charge is 2.16. The van der Waals surface area contributed by atoms with Crippen LogP contribution < -0.4 is 10.1 Å². The highest BCUT2D eigenvalue weighted by atomic mass is 35.5. The number of methoxy groups -OCH3 is 1. The molecule has 0 bridgehead atoms. The van der Waals surface area contributed by atoms with E-state index in [0.717, 1.165) is 43.3 Å². The summed E-state index contributed by atoms with van der Waals surface area (Å²) in [6.45, 7) is 3.31. The van der Waals surface area contributed by atoms with Crippen molar-refractivity contribution in [3.05, 3.63) is 35.5 Å². The maximum atomic E-state index is 6.06. The highest BCUT2D eigenvalue weighted by molar-refractivity contribution is 6.30. The number of halogens is 1. The Kier molecular flexibility index (Phi) is 4.43. The van der Waals surface area contributed by atoms with E-state index in [4.69, 9.17) is 21.1 Å². The molecule has 2 heterocycles. The first-order valence-electron chi connectivity index (χ1n) is 6.95. The summed E-state index contributed by atoms with van der Waals surface area (Å²) in [4.78, 5) is 0. The van der Waals surface area contributed by atoms with Crippen LogP contribution >= 0.6 is 11.6 Å². The smallest absolute Gasteiger partial charge is 0.128 e. The Hall–Kier alpha value is -1.56. The lowest BCUT2D eigenvalue weighted by Crippen LogP contribution is -2.46. The van der Waals surface area contributed by atoms with E-state index in [1.54, 1.807) is 7.11 Å². The number of nitrogens with one attached hydrogen (secondary N) is 1. The van der Waals surface area contributed by atoms with E-state index < -0.39 is 0 Å². The summed E-state index contributed by atoms with van der Waals surface area (Å²) in [6.07, 6.45) is 1.97. The van der Waals surface area contributed by atoms with E-state index in [0.29, 0.717) is 11.1 Å². The van der Waals surface area contributed by atoms with Gasteiger partial charge in [0.15, 0.2) is 0 Å². The lowest BCUT2D eigenvalue weighted by Gasteiger charge is -2.26. The first-order valence-corrected chi connectivity index (χ1v) is 7.32. The lowest BCUT2D eigenvalue weighted by atomic mass is 10.1. The normalized spacial score (nSPS) is 15.0. The Bertz CT molecular complexity index is 611. The number of nitrogens with zero attached hydrogens (tertiary/aromatic N) is 2. The molecule has 1 saturated heterocycles. The molecule has 112 valence electrons. The fourth-order valence-electron chi connectivity index (χ4n) is 2.25. The van der Waals surface area contributed by atoms with Crippen molar-refractivity contribution in [2.75, 3.05) is 26.9 Å². The van der Waals surface area contributed by atoms with Crippen molar-refractivity contribution in [1.29, 1.82) is 0 Å². The van der Waals surface area contributed by atoms with Crippen molar-refractivity contribution in [1.82, 2.24) is 15.1 Å². The number of aromatic nitrogens is 2. The molecule has 1 aliphatic rings. The van der Waals surface area contributed by atoms with E-state index >= 15 is 0 Å². The number of rotatable bonds is 6. The number of ether oxygens (including phenoxy) is 2. The second-order valence-electron chi connectivity index (χ2n) is 5.00. The van der Waals surface area contributed by atoms with Gasteiger partial charge in [-0.1, -0.05) is 11.6 Å². The van der Waals surface area contributed by atoms with Crippen LogP contribution in [-0.4, -0.2) is 42.7 Å². The van der Waals surface area contributed by atoms with Crippen molar-refractivity contribution in [2.24, 2.45) is 0 Å². The molecule has 21 heavy (non-hydrogen) atoms. The molecule has 0 atom stereocenters. The third-order valence-electron chi connectivity index (χ3n) is 3.49. The Labute approximate surface area is 128 Å². The molecule has 0 aliphatic carbocycles. The molecule has 0 amide bonds. The fraction of sp³-hybridized carbons (Fsp3) is 0.400. The Balaban J connectivity index is 1.67. The van der Waals surface area contributed by atoms with E-state index in [2.05, 4.69) is 10.4 Å². The summed E-state index contributed by atoms with van der Waals surface area (Å²) < 4.78 is 12.4. The maximum Gasteiger partial charge on any atom is 0.128 e. The standard InChI is InChI=1S/C15H18ClN3O2/c1-20-15-3-2-11(16)8-13(15)14-4-6-19(18-14)7-5-17-12-9-21-10-12/h2-4,6,8,12,17H,5,7,9-10H2,1H3.